The highest BCUT2D eigenvalue weighted by Crippen LogP contribution is 2.47. The minimum atomic E-state index is 0.261. The summed E-state index contributed by atoms with van der Waals surface area (Å²) in [6, 6.07) is 5.68. The predicted molar refractivity (Wildman–Crippen MR) is 73.4 cm³/mol. The highest BCUT2D eigenvalue weighted by molar-refractivity contribution is 6.05. The van der Waals surface area contributed by atoms with Gasteiger partial charge >= 0.3 is 0 Å². The molecule has 0 radical (unpaired) electrons. The number of carbonyl (C=O) groups is 1. The Hall–Kier alpha value is -1.77. The average molecular weight is 258 g/mol. The number of benzene rings is 1. The summed E-state index contributed by atoms with van der Waals surface area (Å²) >= 11 is 0. The molecule has 0 unspecified atom stereocenters. The van der Waals surface area contributed by atoms with Gasteiger partial charge in [0.25, 0.3) is 0 Å². The third-order valence-electron chi connectivity index (χ3n) is 4.29. The van der Waals surface area contributed by atoms with Crippen molar-refractivity contribution in [2.24, 2.45) is 11.8 Å². The van der Waals surface area contributed by atoms with E-state index in [2.05, 4.69) is 0 Å². The number of ether oxygens (including phenoxy) is 2. The van der Waals surface area contributed by atoms with Crippen LogP contribution < -0.4 is 9.47 Å². The van der Waals surface area contributed by atoms with Crippen molar-refractivity contribution in [2.45, 2.75) is 19.3 Å². The fourth-order valence-corrected chi connectivity index (χ4v) is 3.31. The number of hydrogen-bond donors (Lipinski definition) is 0. The van der Waals surface area contributed by atoms with Gasteiger partial charge < -0.3 is 9.47 Å². The molecule has 2 aliphatic rings. The maximum Gasteiger partial charge on any atom is 0.162 e. The van der Waals surface area contributed by atoms with Gasteiger partial charge in [-0.25, -0.2) is 0 Å². The van der Waals surface area contributed by atoms with Crippen molar-refractivity contribution in [1.82, 2.24) is 0 Å². The van der Waals surface area contributed by atoms with Gasteiger partial charge in [0, 0.05) is 5.92 Å². The van der Waals surface area contributed by atoms with Crippen molar-refractivity contribution in [3.05, 3.63) is 29.3 Å². The maximum atomic E-state index is 12.2. The van der Waals surface area contributed by atoms with Crippen LogP contribution in [-0.4, -0.2) is 20.0 Å². The van der Waals surface area contributed by atoms with Gasteiger partial charge in [0.05, 0.1) is 19.8 Å². The van der Waals surface area contributed by atoms with Gasteiger partial charge in [0.2, 0.25) is 0 Å². The number of carbonyl (C=O) groups excluding carboxylic acids is 1. The minimum absolute atomic E-state index is 0.261. The Morgan fingerprint density at radius 1 is 1.11 bits per heavy atom. The van der Waals surface area contributed by atoms with Crippen LogP contribution in [0, 0.1) is 11.8 Å². The predicted octanol–water partition coefficient (Wildman–Crippen LogP) is 3.09. The van der Waals surface area contributed by atoms with Crippen LogP contribution in [0.25, 0.3) is 6.08 Å². The van der Waals surface area contributed by atoms with Crippen LogP contribution in [-0.2, 0) is 4.79 Å². The van der Waals surface area contributed by atoms with Crippen LogP contribution in [0.3, 0.4) is 0 Å². The number of fused-ring (bicyclic) bond motifs is 2. The van der Waals surface area contributed by atoms with Crippen molar-refractivity contribution >= 4 is 11.9 Å². The van der Waals surface area contributed by atoms with Gasteiger partial charge in [-0.1, -0.05) is 6.07 Å². The fraction of sp³-hybridized carbons (Fsp3) is 0.438. The Balaban J connectivity index is 2.05. The number of rotatable bonds is 3. The number of ketones is 1. The van der Waals surface area contributed by atoms with E-state index in [1.165, 1.54) is 0 Å². The molecule has 1 aromatic carbocycles. The van der Waals surface area contributed by atoms with E-state index in [4.69, 9.17) is 9.47 Å². The summed E-state index contributed by atoms with van der Waals surface area (Å²) in [5.74, 6) is 2.53. The average Bonchev–Trinajstić information content (AvgIpc) is 3.02. The number of hydrogen-bond acceptors (Lipinski definition) is 3. The van der Waals surface area contributed by atoms with E-state index in [9.17, 15) is 4.79 Å². The zero-order valence-corrected chi connectivity index (χ0v) is 11.3. The summed E-state index contributed by atoms with van der Waals surface area (Å²) < 4.78 is 10.8. The molecule has 0 spiro atoms. The molecule has 0 amide bonds. The SMILES string of the molecule is COc1cccc(OC)c1/C=C1/C(=O)[C@H]2CC[C@@H]1C2. The van der Waals surface area contributed by atoms with Crippen molar-refractivity contribution in [3.8, 4) is 11.5 Å². The minimum Gasteiger partial charge on any atom is -0.496 e. The molecule has 2 aliphatic carbocycles. The first-order valence-corrected chi connectivity index (χ1v) is 6.71. The number of methoxy groups -OCH3 is 2. The van der Waals surface area contributed by atoms with Crippen molar-refractivity contribution in [3.63, 3.8) is 0 Å². The Bertz CT molecular complexity index is 523. The highest BCUT2D eigenvalue weighted by Gasteiger charge is 2.42. The summed E-state index contributed by atoms with van der Waals surface area (Å²) in [4.78, 5) is 12.2. The molecule has 2 saturated carbocycles. The first kappa shape index (κ1) is 12.3. The standard InChI is InChI=1S/C16H18O3/c1-18-14-4-3-5-15(19-2)13(14)9-12-10-6-7-11(8-10)16(12)17/h3-5,9-11H,6-8H2,1-2H3/b12-9+/t10-,11+/m1/s1. The van der Waals surface area contributed by atoms with Crippen molar-refractivity contribution < 1.29 is 14.3 Å². The van der Waals surface area contributed by atoms with E-state index < -0.39 is 0 Å². The highest BCUT2D eigenvalue weighted by atomic mass is 16.5. The second-order valence-corrected chi connectivity index (χ2v) is 5.25. The molecular formula is C16H18O3. The quantitative estimate of drug-likeness (QED) is 0.782. The van der Waals surface area contributed by atoms with Crippen LogP contribution >= 0.6 is 0 Å². The first-order chi connectivity index (χ1) is 9.24. The third kappa shape index (κ3) is 1.93. The molecule has 2 atom stereocenters. The number of allylic oxidation sites excluding steroid dienone is 1. The Kier molecular flexibility index (Phi) is 3.05. The fourth-order valence-electron chi connectivity index (χ4n) is 3.31. The molecule has 1 aromatic rings. The second kappa shape index (κ2) is 4.72. The van der Waals surface area contributed by atoms with Gasteiger partial charge in [-0.3, -0.25) is 4.79 Å². The summed E-state index contributed by atoms with van der Waals surface area (Å²) in [5.41, 5.74) is 1.84. The van der Waals surface area contributed by atoms with E-state index >= 15 is 0 Å². The van der Waals surface area contributed by atoms with E-state index in [-0.39, 0.29) is 5.92 Å². The summed E-state index contributed by atoms with van der Waals surface area (Å²) in [5, 5.41) is 0. The molecular weight excluding hydrogens is 240 g/mol. The molecule has 2 fully saturated rings. The lowest BCUT2D eigenvalue weighted by atomic mass is 9.91. The lowest BCUT2D eigenvalue weighted by molar-refractivity contribution is -0.118. The maximum absolute atomic E-state index is 12.2. The second-order valence-electron chi connectivity index (χ2n) is 5.25. The lowest BCUT2D eigenvalue weighted by Crippen LogP contribution is -2.12. The molecule has 0 aromatic heterocycles. The third-order valence-corrected chi connectivity index (χ3v) is 4.29. The normalized spacial score (nSPS) is 27.1. The molecule has 2 bridgehead atoms. The molecule has 19 heavy (non-hydrogen) atoms. The topological polar surface area (TPSA) is 35.5 Å². The van der Waals surface area contributed by atoms with Gasteiger partial charge in [0.15, 0.2) is 5.78 Å². The Morgan fingerprint density at radius 2 is 1.74 bits per heavy atom. The van der Waals surface area contributed by atoms with Crippen LogP contribution in [0.4, 0.5) is 0 Å². The smallest absolute Gasteiger partial charge is 0.162 e. The van der Waals surface area contributed by atoms with Crippen LogP contribution in [0.5, 0.6) is 11.5 Å². The molecule has 0 N–H and O–H groups in total. The lowest BCUT2D eigenvalue weighted by Gasteiger charge is -2.15. The van der Waals surface area contributed by atoms with Crippen LogP contribution in [0.15, 0.2) is 23.8 Å². The van der Waals surface area contributed by atoms with Crippen LogP contribution in [0.1, 0.15) is 24.8 Å². The molecule has 3 nitrogen and oxygen atoms in total. The monoisotopic (exact) mass is 258 g/mol. The molecule has 3 rings (SSSR count). The van der Waals surface area contributed by atoms with Crippen molar-refractivity contribution in [1.29, 1.82) is 0 Å². The number of Topliss-reactive ketones (excluding diaryl/α,β-unsaturated/α-hetero) is 1. The zero-order chi connectivity index (χ0) is 13.4. The van der Waals surface area contributed by atoms with E-state index in [0.717, 1.165) is 41.9 Å². The van der Waals surface area contributed by atoms with Crippen molar-refractivity contribution in [2.75, 3.05) is 14.2 Å². The largest absolute Gasteiger partial charge is 0.496 e. The summed E-state index contributed by atoms with van der Waals surface area (Å²) in [7, 11) is 3.28. The van der Waals surface area contributed by atoms with E-state index in [0.29, 0.717) is 11.7 Å². The molecule has 100 valence electrons. The van der Waals surface area contributed by atoms with Gasteiger partial charge in [-0.2, -0.15) is 0 Å². The molecule has 3 heteroatoms. The van der Waals surface area contributed by atoms with E-state index in [1.807, 2.05) is 24.3 Å². The first-order valence-electron chi connectivity index (χ1n) is 6.71. The zero-order valence-electron chi connectivity index (χ0n) is 11.3. The van der Waals surface area contributed by atoms with Gasteiger partial charge in [-0.15, -0.1) is 0 Å². The van der Waals surface area contributed by atoms with Gasteiger partial charge in [-0.05, 0) is 49.0 Å². The molecule has 0 aliphatic heterocycles. The Labute approximate surface area is 113 Å². The summed E-state index contributed by atoms with van der Waals surface area (Å²) in [6.07, 6.45) is 5.20. The molecule has 0 heterocycles. The summed E-state index contributed by atoms with van der Waals surface area (Å²) in [6.45, 7) is 0. The van der Waals surface area contributed by atoms with E-state index in [1.54, 1.807) is 14.2 Å². The van der Waals surface area contributed by atoms with Gasteiger partial charge in [0.1, 0.15) is 11.5 Å². The molecule has 0 saturated heterocycles. The van der Waals surface area contributed by atoms with Crippen LogP contribution in [0.2, 0.25) is 0 Å². The Morgan fingerprint density at radius 3 is 2.26 bits per heavy atom.